The quantitative estimate of drug-likeness (QED) is 0.218. The molecule has 0 aromatic heterocycles. The Bertz CT molecular complexity index is 770. The summed E-state index contributed by atoms with van der Waals surface area (Å²) in [5, 5.41) is 3.49. The lowest BCUT2D eigenvalue weighted by Crippen LogP contribution is -2.52. The SMILES string of the molecule is CCNC(=NCCCCN1CCC(C(N)=O)CC1)N1CCN(c2cccc(C)c2C)CC1.I. The Morgan fingerprint density at radius 1 is 1.09 bits per heavy atom. The van der Waals surface area contributed by atoms with Gasteiger partial charge in [0.05, 0.1) is 0 Å². The van der Waals surface area contributed by atoms with Crippen LogP contribution in [0, 0.1) is 19.8 Å². The maximum Gasteiger partial charge on any atom is 0.220 e. The van der Waals surface area contributed by atoms with Crippen molar-refractivity contribution in [3.8, 4) is 0 Å². The largest absolute Gasteiger partial charge is 0.369 e. The first-order valence-corrected chi connectivity index (χ1v) is 12.4. The van der Waals surface area contributed by atoms with Crippen molar-refractivity contribution in [2.45, 2.75) is 46.5 Å². The van der Waals surface area contributed by atoms with E-state index in [2.05, 4.69) is 59.0 Å². The number of halogens is 1. The van der Waals surface area contributed by atoms with Gasteiger partial charge in [-0.15, -0.1) is 24.0 Å². The molecule has 186 valence electrons. The number of nitrogens with one attached hydrogen (secondary N) is 1. The number of anilines is 1. The number of carbonyl (C=O) groups is 1. The van der Waals surface area contributed by atoms with Gasteiger partial charge in [0.2, 0.25) is 5.91 Å². The average Bonchev–Trinajstić information content (AvgIpc) is 2.80. The number of rotatable bonds is 8. The van der Waals surface area contributed by atoms with Crippen molar-refractivity contribution in [2.24, 2.45) is 16.6 Å². The van der Waals surface area contributed by atoms with Gasteiger partial charge in [0.15, 0.2) is 5.96 Å². The number of benzene rings is 1. The number of carbonyl (C=O) groups excluding carboxylic acids is 1. The molecule has 2 fully saturated rings. The molecule has 1 amide bonds. The number of hydrogen-bond donors (Lipinski definition) is 2. The molecule has 0 saturated carbocycles. The second-order valence-corrected chi connectivity index (χ2v) is 9.15. The van der Waals surface area contributed by atoms with E-state index in [0.29, 0.717) is 0 Å². The van der Waals surface area contributed by atoms with E-state index < -0.39 is 0 Å². The Kier molecular flexibility index (Phi) is 11.7. The van der Waals surface area contributed by atoms with Crippen LogP contribution in [0.4, 0.5) is 5.69 Å². The molecule has 0 aliphatic carbocycles. The van der Waals surface area contributed by atoms with Crippen molar-refractivity contribution in [1.29, 1.82) is 0 Å². The van der Waals surface area contributed by atoms with Crippen LogP contribution in [-0.4, -0.2) is 80.6 Å². The Labute approximate surface area is 217 Å². The smallest absolute Gasteiger partial charge is 0.220 e. The van der Waals surface area contributed by atoms with Gasteiger partial charge in [-0.05, 0) is 83.3 Å². The van der Waals surface area contributed by atoms with E-state index in [-0.39, 0.29) is 35.8 Å². The summed E-state index contributed by atoms with van der Waals surface area (Å²) in [7, 11) is 0. The first-order chi connectivity index (χ1) is 15.5. The third-order valence-corrected chi connectivity index (χ3v) is 6.96. The van der Waals surface area contributed by atoms with Gasteiger partial charge in [0, 0.05) is 50.9 Å². The van der Waals surface area contributed by atoms with Crippen LogP contribution in [0.3, 0.4) is 0 Å². The van der Waals surface area contributed by atoms with E-state index in [4.69, 9.17) is 10.7 Å². The summed E-state index contributed by atoms with van der Waals surface area (Å²) in [6, 6.07) is 6.59. The Morgan fingerprint density at radius 3 is 2.42 bits per heavy atom. The summed E-state index contributed by atoms with van der Waals surface area (Å²) in [5.74, 6) is 0.994. The number of unbranched alkanes of at least 4 members (excludes halogenated alkanes) is 1. The van der Waals surface area contributed by atoms with Gasteiger partial charge in [-0.25, -0.2) is 0 Å². The molecule has 33 heavy (non-hydrogen) atoms. The molecule has 0 radical (unpaired) electrons. The zero-order valence-electron chi connectivity index (χ0n) is 20.7. The normalized spacial score (nSPS) is 18.2. The fraction of sp³-hybridized carbons (Fsp3) is 0.680. The van der Waals surface area contributed by atoms with E-state index in [0.717, 1.165) is 90.5 Å². The molecule has 3 N–H and O–H groups in total. The number of primary amides is 1. The molecule has 8 heteroatoms. The fourth-order valence-corrected chi connectivity index (χ4v) is 4.74. The second-order valence-electron chi connectivity index (χ2n) is 9.15. The lowest BCUT2D eigenvalue weighted by Gasteiger charge is -2.38. The number of nitrogens with zero attached hydrogens (tertiary/aromatic N) is 4. The van der Waals surface area contributed by atoms with Crippen molar-refractivity contribution in [2.75, 3.05) is 63.8 Å². The number of guanidine groups is 1. The van der Waals surface area contributed by atoms with Gasteiger partial charge in [-0.1, -0.05) is 12.1 Å². The molecule has 7 nitrogen and oxygen atoms in total. The maximum absolute atomic E-state index is 11.3. The summed E-state index contributed by atoms with van der Waals surface area (Å²) < 4.78 is 0. The van der Waals surface area contributed by atoms with E-state index in [1.165, 1.54) is 16.8 Å². The zero-order valence-corrected chi connectivity index (χ0v) is 23.0. The molecule has 2 saturated heterocycles. The fourth-order valence-electron chi connectivity index (χ4n) is 4.74. The van der Waals surface area contributed by atoms with Crippen LogP contribution in [0.15, 0.2) is 23.2 Å². The highest BCUT2D eigenvalue weighted by Crippen LogP contribution is 2.24. The number of aliphatic imine (C=N–C) groups is 1. The van der Waals surface area contributed by atoms with Crippen molar-refractivity contribution in [3.63, 3.8) is 0 Å². The number of aryl methyl sites for hydroxylation is 1. The van der Waals surface area contributed by atoms with Crippen LogP contribution in [0.1, 0.15) is 43.7 Å². The molecule has 1 aromatic carbocycles. The van der Waals surface area contributed by atoms with Crippen molar-refractivity contribution in [1.82, 2.24) is 15.1 Å². The Balaban J connectivity index is 0.00000385. The van der Waals surface area contributed by atoms with E-state index in [1.54, 1.807) is 0 Å². The van der Waals surface area contributed by atoms with Gasteiger partial charge in [0.1, 0.15) is 0 Å². The van der Waals surface area contributed by atoms with Gasteiger partial charge in [0.25, 0.3) is 0 Å². The minimum Gasteiger partial charge on any atom is -0.369 e. The van der Waals surface area contributed by atoms with Crippen LogP contribution in [0.5, 0.6) is 0 Å². The summed E-state index contributed by atoms with van der Waals surface area (Å²) >= 11 is 0. The van der Waals surface area contributed by atoms with Crippen LogP contribution in [-0.2, 0) is 4.79 Å². The van der Waals surface area contributed by atoms with Gasteiger partial charge < -0.3 is 25.8 Å². The molecule has 2 heterocycles. The number of likely N-dealkylation sites (tertiary alicyclic amines) is 1. The van der Waals surface area contributed by atoms with Crippen LogP contribution < -0.4 is 16.0 Å². The van der Waals surface area contributed by atoms with Crippen LogP contribution >= 0.6 is 24.0 Å². The lowest BCUT2D eigenvalue weighted by atomic mass is 9.96. The molecule has 2 aliphatic rings. The van der Waals surface area contributed by atoms with Crippen molar-refractivity contribution in [3.05, 3.63) is 29.3 Å². The summed E-state index contributed by atoms with van der Waals surface area (Å²) in [6.07, 6.45) is 4.05. The molecule has 0 unspecified atom stereocenters. The third-order valence-electron chi connectivity index (χ3n) is 6.96. The van der Waals surface area contributed by atoms with E-state index in [1.807, 2.05) is 0 Å². The predicted octanol–water partition coefficient (Wildman–Crippen LogP) is 2.99. The van der Waals surface area contributed by atoms with Crippen LogP contribution in [0.2, 0.25) is 0 Å². The second kappa shape index (κ2) is 14.0. The topological polar surface area (TPSA) is 77.2 Å². The van der Waals surface area contributed by atoms with Gasteiger partial charge in [-0.2, -0.15) is 0 Å². The van der Waals surface area contributed by atoms with Crippen LogP contribution in [0.25, 0.3) is 0 Å². The molecular weight excluding hydrogens is 527 g/mol. The Morgan fingerprint density at radius 2 is 1.79 bits per heavy atom. The monoisotopic (exact) mass is 570 g/mol. The number of amides is 1. The number of hydrogen-bond acceptors (Lipinski definition) is 4. The average molecular weight is 571 g/mol. The first-order valence-electron chi connectivity index (χ1n) is 12.4. The standard InChI is InChI=1S/C25H42N6O.HI/c1-4-27-25(28-12-5-6-13-29-14-10-22(11-15-29)24(26)32)31-18-16-30(17-19-31)23-9-7-8-20(2)21(23)3;/h7-9,22H,4-6,10-19H2,1-3H3,(H2,26,32)(H,27,28);1H. The zero-order chi connectivity index (χ0) is 22.9. The summed E-state index contributed by atoms with van der Waals surface area (Å²) in [6.45, 7) is 15.4. The molecule has 3 rings (SSSR count). The minimum absolute atomic E-state index is 0. The van der Waals surface area contributed by atoms with Crippen molar-refractivity contribution < 1.29 is 4.79 Å². The molecule has 1 aromatic rings. The highest BCUT2D eigenvalue weighted by atomic mass is 127. The molecule has 2 aliphatic heterocycles. The number of piperazine rings is 1. The number of nitrogens with two attached hydrogens (primary N) is 1. The molecule has 0 bridgehead atoms. The third kappa shape index (κ3) is 8.02. The van der Waals surface area contributed by atoms with Crippen molar-refractivity contribution >= 4 is 41.5 Å². The maximum atomic E-state index is 11.3. The molecule has 0 spiro atoms. The molecular formula is C25H43IN6O. The van der Waals surface area contributed by atoms with E-state index >= 15 is 0 Å². The highest BCUT2D eigenvalue weighted by molar-refractivity contribution is 14.0. The summed E-state index contributed by atoms with van der Waals surface area (Å²) in [5.41, 5.74) is 9.55. The van der Waals surface area contributed by atoms with E-state index in [9.17, 15) is 4.79 Å². The first kappa shape index (κ1) is 27.7. The van der Waals surface area contributed by atoms with Gasteiger partial charge in [-0.3, -0.25) is 9.79 Å². The van der Waals surface area contributed by atoms with Gasteiger partial charge >= 0.3 is 0 Å². The minimum atomic E-state index is -0.134. The summed E-state index contributed by atoms with van der Waals surface area (Å²) in [4.78, 5) is 23.6. The number of piperidine rings is 1. The Hall–Kier alpha value is -1.55. The predicted molar refractivity (Wildman–Crippen MR) is 149 cm³/mol. The lowest BCUT2D eigenvalue weighted by molar-refractivity contribution is -0.123. The molecule has 0 atom stereocenters. The highest BCUT2D eigenvalue weighted by Gasteiger charge is 2.23.